The Morgan fingerprint density at radius 2 is 1.76 bits per heavy atom. The molecule has 2 aliphatic heterocycles. The summed E-state index contributed by atoms with van der Waals surface area (Å²) in [5, 5.41) is 0. The molecule has 154 valence electrons. The summed E-state index contributed by atoms with van der Waals surface area (Å²) in [5.41, 5.74) is 6.19. The molecule has 2 aromatic rings. The van der Waals surface area contributed by atoms with E-state index in [0.717, 1.165) is 11.5 Å². The molecule has 0 aliphatic carbocycles. The minimum Gasteiger partial charge on any atom is -0.493 e. The molecule has 2 N–H and O–H groups in total. The lowest BCUT2D eigenvalue weighted by Gasteiger charge is -2.36. The molecule has 0 bridgehead atoms. The Labute approximate surface area is 169 Å². The summed E-state index contributed by atoms with van der Waals surface area (Å²) in [4.78, 5) is 28.8. The number of furan rings is 1. The summed E-state index contributed by atoms with van der Waals surface area (Å²) in [6.45, 7) is 2.56. The molecule has 8 heteroatoms. The van der Waals surface area contributed by atoms with Crippen molar-refractivity contribution >= 4 is 11.8 Å². The Hall–Kier alpha value is -2.84. The fourth-order valence-electron chi connectivity index (χ4n) is 3.72. The fraction of sp³-hybridized carbons (Fsp3) is 0.429. The lowest BCUT2D eigenvalue weighted by atomic mass is 10.1. The molecule has 2 aliphatic rings. The first-order chi connectivity index (χ1) is 14.2. The Bertz CT molecular complexity index is 803. The van der Waals surface area contributed by atoms with Crippen LogP contribution in [-0.4, -0.2) is 60.4 Å². The Kier molecular flexibility index (Phi) is 6.12. The summed E-state index contributed by atoms with van der Waals surface area (Å²) >= 11 is 0. The van der Waals surface area contributed by atoms with E-state index < -0.39 is 0 Å². The van der Waals surface area contributed by atoms with Gasteiger partial charge >= 0.3 is 0 Å². The average Bonchev–Trinajstić information content (AvgIpc) is 3.46. The number of benzene rings is 1. The topological polar surface area (TPSA) is 87.0 Å². The van der Waals surface area contributed by atoms with Gasteiger partial charge < -0.3 is 19.0 Å². The first kappa shape index (κ1) is 19.5. The van der Waals surface area contributed by atoms with Gasteiger partial charge in [-0.1, -0.05) is 18.2 Å². The standard InChI is InChI=1S/C21H26N4O4/c26-20(8-14-28-16-5-2-1-3-6-16)24-9-11-25(12-10-24)21(27)18-15-17(22-23-18)19-7-4-13-29-19/h1-7,13,17-18,22-23H,8-12,14-15H2. The average molecular weight is 398 g/mol. The van der Waals surface area contributed by atoms with Crippen molar-refractivity contribution in [1.82, 2.24) is 20.7 Å². The number of carbonyl (C=O) groups excluding carboxylic acids is 2. The van der Waals surface area contributed by atoms with E-state index in [2.05, 4.69) is 10.9 Å². The van der Waals surface area contributed by atoms with Crippen LogP contribution < -0.4 is 15.6 Å². The molecule has 0 spiro atoms. The van der Waals surface area contributed by atoms with E-state index in [-0.39, 0.29) is 23.9 Å². The highest BCUT2D eigenvalue weighted by molar-refractivity contribution is 5.83. The van der Waals surface area contributed by atoms with Crippen molar-refractivity contribution in [1.29, 1.82) is 0 Å². The van der Waals surface area contributed by atoms with Gasteiger partial charge in [-0.2, -0.15) is 0 Å². The summed E-state index contributed by atoms with van der Waals surface area (Å²) in [6, 6.07) is 12.9. The molecule has 2 amide bonds. The number of carbonyl (C=O) groups is 2. The molecule has 0 radical (unpaired) electrons. The van der Waals surface area contributed by atoms with Crippen LogP contribution in [0.25, 0.3) is 0 Å². The summed E-state index contributed by atoms with van der Waals surface area (Å²) in [6.07, 6.45) is 2.61. The summed E-state index contributed by atoms with van der Waals surface area (Å²) < 4.78 is 11.0. The second-order valence-corrected chi connectivity index (χ2v) is 7.26. The quantitative estimate of drug-likeness (QED) is 0.763. The van der Waals surface area contributed by atoms with E-state index in [1.807, 2.05) is 52.3 Å². The van der Waals surface area contributed by atoms with Gasteiger partial charge in [-0.3, -0.25) is 9.59 Å². The van der Waals surface area contributed by atoms with Gasteiger partial charge in [-0.15, -0.1) is 0 Å². The van der Waals surface area contributed by atoms with E-state index in [4.69, 9.17) is 9.15 Å². The van der Waals surface area contributed by atoms with Gasteiger partial charge in [0.25, 0.3) is 0 Å². The van der Waals surface area contributed by atoms with E-state index in [0.29, 0.717) is 45.6 Å². The maximum atomic E-state index is 12.8. The van der Waals surface area contributed by atoms with Crippen LogP contribution in [0.5, 0.6) is 5.75 Å². The number of para-hydroxylation sites is 1. The van der Waals surface area contributed by atoms with Crippen LogP contribution in [0.3, 0.4) is 0 Å². The molecular weight excluding hydrogens is 372 g/mol. The van der Waals surface area contributed by atoms with Gasteiger partial charge in [0.15, 0.2) is 0 Å². The van der Waals surface area contributed by atoms with Crippen molar-refractivity contribution in [2.45, 2.75) is 24.9 Å². The smallest absolute Gasteiger partial charge is 0.241 e. The molecule has 2 saturated heterocycles. The minimum atomic E-state index is -0.286. The minimum absolute atomic E-state index is 0.00793. The van der Waals surface area contributed by atoms with Gasteiger partial charge in [0, 0.05) is 26.2 Å². The molecule has 2 atom stereocenters. The molecule has 2 fully saturated rings. The number of nitrogens with one attached hydrogen (secondary N) is 2. The zero-order valence-electron chi connectivity index (χ0n) is 16.3. The number of nitrogens with zero attached hydrogens (tertiary/aromatic N) is 2. The lowest BCUT2D eigenvalue weighted by molar-refractivity contribution is -0.140. The molecular formula is C21H26N4O4. The lowest BCUT2D eigenvalue weighted by Crippen LogP contribution is -2.54. The predicted molar refractivity (Wildman–Crippen MR) is 106 cm³/mol. The third-order valence-corrected chi connectivity index (χ3v) is 5.36. The van der Waals surface area contributed by atoms with Crippen molar-refractivity contribution in [3.05, 3.63) is 54.5 Å². The van der Waals surface area contributed by atoms with Gasteiger partial charge in [0.1, 0.15) is 17.6 Å². The van der Waals surface area contributed by atoms with Gasteiger partial charge in [0.05, 0.1) is 25.3 Å². The number of piperazine rings is 1. The third-order valence-electron chi connectivity index (χ3n) is 5.36. The van der Waals surface area contributed by atoms with Crippen LogP contribution in [0.4, 0.5) is 0 Å². The van der Waals surface area contributed by atoms with E-state index in [9.17, 15) is 9.59 Å². The molecule has 4 rings (SSSR count). The number of amides is 2. The molecule has 8 nitrogen and oxygen atoms in total. The monoisotopic (exact) mass is 398 g/mol. The van der Waals surface area contributed by atoms with E-state index in [1.54, 1.807) is 6.26 Å². The van der Waals surface area contributed by atoms with Crippen molar-refractivity contribution in [3.63, 3.8) is 0 Å². The van der Waals surface area contributed by atoms with Crippen molar-refractivity contribution in [2.75, 3.05) is 32.8 Å². The van der Waals surface area contributed by atoms with Crippen molar-refractivity contribution in [2.24, 2.45) is 0 Å². The van der Waals surface area contributed by atoms with Gasteiger partial charge in [-0.05, 0) is 30.7 Å². The first-order valence-electron chi connectivity index (χ1n) is 9.99. The van der Waals surface area contributed by atoms with Crippen LogP contribution in [0.2, 0.25) is 0 Å². The molecule has 1 aromatic heterocycles. The van der Waals surface area contributed by atoms with Crippen molar-refractivity contribution in [3.8, 4) is 5.75 Å². The fourth-order valence-corrected chi connectivity index (χ4v) is 3.72. The first-order valence-corrected chi connectivity index (χ1v) is 9.99. The molecule has 29 heavy (non-hydrogen) atoms. The second-order valence-electron chi connectivity index (χ2n) is 7.26. The largest absolute Gasteiger partial charge is 0.493 e. The predicted octanol–water partition coefficient (Wildman–Crippen LogP) is 1.33. The number of hydrogen-bond acceptors (Lipinski definition) is 6. The number of hydrazine groups is 1. The number of ether oxygens (including phenoxy) is 1. The van der Waals surface area contributed by atoms with Crippen LogP contribution >= 0.6 is 0 Å². The van der Waals surface area contributed by atoms with Crippen molar-refractivity contribution < 1.29 is 18.7 Å². The van der Waals surface area contributed by atoms with Crippen LogP contribution in [0, 0.1) is 0 Å². The Morgan fingerprint density at radius 3 is 2.48 bits per heavy atom. The molecule has 0 saturated carbocycles. The van der Waals surface area contributed by atoms with Gasteiger partial charge in [0.2, 0.25) is 11.8 Å². The van der Waals surface area contributed by atoms with Gasteiger partial charge in [-0.25, -0.2) is 10.9 Å². The maximum absolute atomic E-state index is 12.8. The molecule has 2 unspecified atom stereocenters. The van der Waals surface area contributed by atoms with Crippen LogP contribution in [0.15, 0.2) is 53.1 Å². The maximum Gasteiger partial charge on any atom is 0.241 e. The Balaban J connectivity index is 1.19. The molecule has 1 aromatic carbocycles. The zero-order valence-corrected chi connectivity index (χ0v) is 16.3. The third kappa shape index (κ3) is 4.78. The molecule has 3 heterocycles. The van der Waals surface area contributed by atoms with E-state index >= 15 is 0 Å². The Morgan fingerprint density at radius 1 is 1.00 bits per heavy atom. The highest BCUT2D eigenvalue weighted by atomic mass is 16.5. The second kappa shape index (κ2) is 9.11. The zero-order chi connectivity index (χ0) is 20.1. The van der Waals surface area contributed by atoms with E-state index in [1.165, 1.54) is 0 Å². The highest BCUT2D eigenvalue weighted by Crippen LogP contribution is 2.23. The summed E-state index contributed by atoms with van der Waals surface area (Å²) in [7, 11) is 0. The van der Waals surface area contributed by atoms with Crippen LogP contribution in [0.1, 0.15) is 24.6 Å². The summed E-state index contributed by atoms with van der Waals surface area (Å²) in [5.74, 6) is 1.71. The SMILES string of the molecule is O=C(CCOc1ccccc1)N1CCN(C(=O)C2CC(c3ccco3)NN2)CC1. The number of hydrogen-bond donors (Lipinski definition) is 2. The van der Waals surface area contributed by atoms with Crippen LogP contribution in [-0.2, 0) is 9.59 Å². The number of rotatable bonds is 6. The highest BCUT2D eigenvalue weighted by Gasteiger charge is 2.35. The normalized spacial score (nSPS) is 21.9.